The molecule has 0 saturated carbocycles. The molecule has 0 spiro atoms. The molecule has 0 aliphatic heterocycles. The minimum Gasteiger partial charge on any atom is -0.268 e. The highest BCUT2D eigenvalue weighted by molar-refractivity contribution is 5.89. The Balaban J connectivity index is 2.00. The van der Waals surface area contributed by atoms with Crippen LogP contribution in [0.1, 0.15) is 0 Å². The molecule has 0 aliphatic carbocycles. The molecule has 4 aromatic rings. The van der Waals surface area contributed by atoms with Crippen molar-refractivity contribution in [2.24, 2.45) is 7.05 Å². The standard InChI is InChI=1S/C10H7N9O2/c1-17-9-5(2-13-17)10-14-8(16-18(10)4-11-9)7-6(19(20)21)3-12-15-7/h2-4H,1H3,(H,12,15). The third-order valence-electron chi connectivity index (χ3n) is 3.11. The quantitative estimate of drug-likeness (QED) is 0.414. The van der Waals surface area contributed by atoms with E-state index in [4.69, 9.17) is 0 Å². The third kappa shape index (κ3) is 1.51. The predicted molar refractivity (Wildman–Crippen MR) is 69.3 cm³/mol. The van der Waals surface area contributed by atoms with E-state index >= 15 is 0 Å². The van der Waals surface area contributed by atoms with Gasteiger partial charge in [0.05, 0.1) is 16.5 Å². The van der Waals surface area contributed by atoms with Gasteiger partial charge in [0.1, 0.15) is 12.5 Å². The number of hydrogen-bond acceptors (Lipinski definition) is 7. The zero-order valence-corrected chi connectivity index (χ0v) is 10.6. The SMILES string of the molecule is Cn1ncc2c1ncn1nc(-c3[nH]ncc3[N+](=O)[O-])nc21. The van der Waals surface area contributed by atoms with E-state index in [9.17, 15) is 10.1 Å². The first-order chi connectivity index (χ1) is 10.1. The maximum absolute atomic E-state index is 10.9. The minimum absolute atomic E-state index is 0.153. The van der Waals surface area contributed by atoms with Gasteiger partial charge in [-0.05, 0) is 0 Å². The van der Waals surface area contributed by atoms with Crippen LogP contribution in [-0.4, -0.2) is 44.5 Å². The zero-order chi connectivity index (χ0) is 14.6. The van der Waals surface area contributed by atoms with Crippen molar-refractivity contribution in [3.63, 3.8) is 0 Å². The summed E-state index contributed by atoms with van der Waals surface area (Å²) in [5.41, 5.74) is 1.15. The number of fused-ring (bicyclic) bond motifs is 3. The molecule has 1 N–H and O–H groups in total. The number of aromatic amines is 1. The Morgan fingerprint density at radius 1 is 1.33 bits per heavy atom. The van der Waals surface area contributed by atoms with E-state index < -0.39 is 4.92 Å². The Bertz CT molecular complexity index is 995. The van der Waals surface area contributed by atoms with Crippen LogP contribution in [0.4, 0.5) is 5.69 Å². The average molecular weight is 285 g/mol. The smallest absolute Gasteiger partial charge is 0.268 e. The van der Waals surface area contributed by atoms with E-state index in [2.05, 4.69) is 30.4 Å². The Morgan fingerprint density at radius 3 is 3.00 bits per heavy atom. The van der Waals surface area contributed by atoms with E-state index in [-0.39, 0.29) is 17.2 Å². The van der Waals surface area contributed by atoms with Crippen molar-refractivity contribution in [3.05, 3.63) is 28.8 Å². The number of aromatic nitrogens is 8. The van der Waals surface area contributed by atoms with Gasteiger partial charge in [0.15, 0.2) is 17.0 Å². The molecular weight excluding hydrogens is 278 g/mol. The number of nitrogens with one attached hydrogen (secondary N) is 1. The van der Waals surface area contributed by atoms with Gasteiger partial charge < -0.3 is 0 Å². The molecule has 4 aromatic heterocycles. The summed E-state index contributed by atoms with van der Waals surface area (Å²) in [7, 11) is 1.77. The molecule has 0 bridgehead atoms. The fourth-order valence-electron chi connectivity index (χ4n) is 2.13. The zero-order valence-electron chi connectivity index (χ0n) is 10.6. The Labute approximate surface area is 115 Å². The van der Waals surface area contributed by atoms with Crippen LogP contribution in [-0.2, 0) is 7.05 Å². The van der Waals surface area contributed by atoms with Gasteiger partial charge in [0.2, 0.25) is 5.82 Å². The topological polar surface area (TPSA) is 133 Å². The van der Waals surface area contributed by atoms with Gasteiger partial charge in [0.25, 0.3) is 0 Å². The lowest BCUT2D eigenvalue weighted by Gasteiger charge is -1.93. The summed E-state index contributed by atoms with van der Waals surface area (Å²) in [4.78, 5) is 19.0. The second-order valence-electron chi connectivity index (χ2n) is 4.34. The molecule has 0 aromatic carbocycles. The number of rotatable bonds is 2. The number of aryl methyl sites for hydroxylation is 1. The Kier molecular flexibility index (Phi) is 2.08. The van der Waals surface area contributed by atoms with E-state index in [0.717, 1.165) is 6.20 Å². The first-order valence-corrected chi connectivity index (χ1v) is 5.86. The number of nitrogens with zero attached hydrogens (tertiary/aromatic N) is 8. The molecule has 4 heterocycles. The average Bonchev–Trinajstić information content (AvgIpc) is 3.13. The monoisotopic (exact) mass is 285 g/mol. The van der Waals surface area contributed by atoms with E-state index in [1.807, 2.05) is 0 Å². The van der Waals surface area contributed by atoms with Crippen LogP contribution >= 0.6 is 0 Å². The molecule has 0 saturated heterocycles. The fourth-order valence-corrected chi connectivity index (χ4v) is 2.13. The van der Waals surface area contributed by atoms with Gasteiger partial charge in [-0.1, -0.05) is 0 Å². The number of nitro groups is 1. The van der Waals surface area contributed by atoms with Crippen molar-refractivity contribution in [1.82, 2.24) is 39.6 Å². The van der Waals surface area contributed by atoms with Crippen LogP contribution < -0.4 is 0 Å². The first kappa shape index (κ1) is 11.5. The van der Waals surface area contributed by atoms with E-state index in [1.165, 1.54) is 10.8 Å². The molecule has 0 atom stereocenters. The normalized spacial score (nSPS) is 11.5. The molecule has 0 aliphatic rings. The summed E-state index contributed by atoms with van der Waals surface area (Å²) in [5.74, 6) is 0.178. The lowest BCUT2D eigenvalue weighted by molar-refractivity contribution is -0.384. The summed E-state index contributed by atoms with van der Waals surface area (Å²) in [6, 6.07) is 0. The molecule has 0 unspecified atom stereocenters. The molecule has 0 radical (unpaired) electrons. The molecule has 21 heavy (non-hydrogen) atoms. The van der Waals surface area contributed by atoms with Crippen LogP contribution in [0, 0.1) is 10.1 Å². The van der Waals surface area contributed by atoms with Crippen LogP contribution in [0.2, 0.25) is 0 Å². The molecule has 0 fully saturated rings. The molecule has 4 rings (SSSR count). The maximum Gasteiger partial charge on any atom is 0.318 e. The first-order valence-electron chi connectivity index (χ1n) is 5.86. The van der Waals surface area contributed by atoms with Crippen molar-refractivity contribution in [3.8, 4) is 11.5 Å². The van der Waals surface area contributed by atoms with Crippen LogP contribution in [0.3, 0.4) is 0 Å². The van der Waals surface area contributed by atoms with Gasteiger partial charge in [-0.15, -0.1) is 5.10 Å². The van der Waals surface area contributed by atoms with Gasteiger partial charge in [-0.2, -0.15) is 10.2 Å². The van der Waals surface area contributed by atoms with Crippen LogP contribution in [0.5, 0.6) is 0 Å². The largest absolute Gasteiger partial charge is 0.318 e. The molecule has 11 heteroatoms. The lowest BCUT2D eigenvalue weighted by atomic mass is 10.3. The van der Waals surface area contributed by atoms with Gasteiger partial charge in [-0.25, -0.2) is 14.5 Å². The number of hydrogen-bond donors (Lipinski definition) is 1. The van der Waals surface area contributed by atoms with Gasteiger partial charge >= 0.3 is 5.69 Å². The van der Waals surface area contributed by atoms with Gasteiger partial charge in [0, 0.05) is 7.05 Å². The van der Waals surface area contributed by atoms with E-state index in [1.54, 1.807) is 17.9 Å². The van der Waals surface area contributed by atoms with Crippen LogP contribution in [0.15, 0.2) is 18.7 Å². The summed E-state index contributed by atoms with van der Waals surface area (Å²) >= 11 is 0. The summed E-state index contributed by atoms with van der Waals surface area (Å²) in [6.45, 7) is 0. The molecular formula is C10H7N9O2. The summed E-state index contributed by atoms with van der Waals surface area (Å²) in [6.07, 6.45) is 4.23. The van der Waals surface area contributed by atoms with Gasteiger partial charge in [-0.3, -0.25) is 19.9 Å². The summed E-state index contributed by atoms with van der Waals surface area (Å²) < 4.78 is 3.06. The molecule has 104 valence electrons. The Morgan fingerprint density at radius 2 is 2.19 bits per heavy atom. The third-order valence-corrected chi connectivity index (χ3v) is 3.11. The minimum atomic E-state index is -0.539. The van der Waals surface area contributed by atoms with Crippen molar-refractivity contribution in [1.29, 1.82) is 0 Å². The maximum atomic E-state index is 10.9. The highest BCUT2D eigenvalue weighted by atomic mass is 16.6. The van der Waals surface area contributed by atoms with E-state index in [0.29, 0.717) is 16.7 Å². The lowest BCUT2D eigenvalue weighted by Crippen LogP contribution is -1.95. The fraction of sp³-hybridized carbons (Fsp3) is 0.100. The highest BCUT2D eigenvalue weighted by Crippen LogP contribution is 2.25. The predicted octanol–water partition coefficient (Wildman–Crippen LogP) is 0.309. The van der Waals surface area contributed by atoms with Crippen molar-refractivity contribution >= 4 is 22.4 Å². The van der Waals surface area contributed by atoms with Crippen LogP contribution in [0.25, 0.3) is 28.2 Å². The Hall–Kier alpha value is -3.37. The van der Waals surface area contributed by atoms with Crippen molar-refractivity contribution in [2.75, 3.05) is 0 Å². The van der Waals surface area contributed by atoms with Crippen molar-refractivity contribution < 1.29 is 4.92 Å². The molecule has 0 amide bonds. The second-order valence-corrected chi connectivity index (χ2v) is 4.34. The highest BCUT2D eigenvalue weighted by Gasteiger charge is 2.22. The number of H-pyrrole nitrogens is 1. The summed E-state index contributed by atoms with van der Waals surface area (Å²) in [5, 5.41) is 26.2. The molecule has 11 nitrogen and oxygen atoms in total. The second kappa shape index (κ2) is 3.82. The van der Waals surface area contributed by atoms with Crippen molar-refractivity contribution in [2.45, 2.75) is 0 Å².